The molecule has 0 spiro atoms. The Labute approximate surface area is 192 Å². The number of phenols is 1. The lowest BCUT2D eigenvalue weighted by atomic mass is 9.60. The second kappa shape index (κ2) is 9.30. The number of rotatable bonds is 12. The van der Waals surface area contributed by atoms with Gasteiger partial charge in [-0.1, -0.05) is 92.4 Å². The van der Waals surface area contributed by atoms with Gasteiger partial charge in [-0.2, -0.15) is 0 Å². The van der Waals surface area contributed by atoms with Gasteiger partial charge in [-0.25, -0.2) is 0 Å². The lowest BCUT2D eigenvalue weighted by molar-refractivity contribution is 0.186. The van der Waals surface area contributed by atoms with E-state index in [1.165, 1.54) is 36.8 Å². The summed E-state index contributed by atoms with van der Waals surface area (Å²) in [6.45, 7) is 22.4. The fourth-order valence-corrected chi connectivity index (χ4v) is 6.71. The van der Waals surface area contributed by atoms with Crippen LogP contribution in [0.25, 0.3) is 0 Å². The number of unbranched alkanes of at least 4 members (excludes halogenated alkanes) is 3. The van der Waals surface area contributed by atoms with Crippen LogP contribution in [0.4, 0.5) is 0 Å². The largest absolute Gasteiger partial charge is 0.508 e. The fraction of sp³-hybridized carbons (Fsp3) is 0.724. The minimum atomic E-state index is -0.261. The van der Waals surface area contributed by atoms with Crippen molar-refractivity contribution in [1.29, 1.82) is 0 Å². The van der Waals surface area contributed by atoms with Crippen molar-refractivity contribution in [2.24, 2.45) is 10.8 Å². The number of hydrogen-bond acceptors (Lipinski definition) is 2. The molecule has 0 aliphatic heterocycles. The van der Waals surface area contributed by atoms with Crippen LogP contribution in [-0.2, 0) is 10.8 Å². The molecule has 2 nitrogen and oxygen atoms in total. The molecule has 1 aromatic carbocycles. The Balaban J connectivity index is 2.51. The minimum Gasteiger partial charge on any atom is -0.508 e. The predicted molar refractivity (Wildman–Crippen MR) is 134 cm³/mol. The highest BCUT2D eigenvalue weighted by atomic mass is 16.3. The van der Waals surface area contributed by atoms with E-state index in [2.05, 4.69) is 68.0 Å². The molecule has 2 N–H and O–H groups in total. The van der Waals surface area contributed by atoms with Gasteiger partial charge in [0.1, 0.15) is 5.75 Å². The van der Waals surface area contributed by atoms with E-state index < -0.39 is 0 Å². The number of aliphatic hydroxyl groups is 1. The summed E-state index contributed by atoms with van der Waals surface area (Å²) in [7, 11) is 0. The Morgan fingerprint density at radius 1 is 1.10 bits per heavy atom. The number of phenolic OH excluding ortho intramolecular Hbond substituents is 1. The van der Waals surface area contributed by atoms with Crippen molar-refractivity contribution < 1.29 is 10.2 Å². The first-order valence-corrected chi connectivity index (χ1v) is 12.4. The van der Waals surface area contributed by atoms with Crippen molar-refractivity contribution in [2.75, 3.05) is 6.61 Å². The Morgan fingerprint density at radius 3 is 2.16 bits per heavy atom. The average molecular weight is 429 g/mol. The lowest BCUT2D eigenvalue weighted by Gasteiger charge is -2.43. The maximum Gasteiger partial charge on any atom is 0.119 e. The lowest BCUT2D eigenvalue weighted by Crippen LogP contribution is -2.38. The molecule has 1 aliphatic carbocycles. The van der Waals surface area contributed by atoms with Gasteiger partial charge in [0, 0.05) is 11.0 Å². The van der Waals surface area contributed by atoms with Crippen LogP contribution in [0.5, 0.6) is 5.75 Å². The molecular weight excluding hydrogens is 380 g/mol. The average Bonchev–Trinajstić information content (AvgIpc) is 3.27. The van der Waals surface area contributed by atoms with Crippen LogP contribution in [0.2, 0.25) is 0 Å². The number of benzene rings is 1. The molecule has 176 valence electrons. The van der Waals surface area contributed by atoms with Crippen LogP contribution >= 0.6 is 0 Å². The SMILES string of the molecule is C=C(CO)C[C@@](C)(c1c(C)cc(C(C)(C)CCCCCC)cc1O)[C@]1(CC)CC1(C)C. The zero-order valence-corrected chi connectivity index (χ0v) is 21.6. The quantitative estimate of drug-likeness (QED) is 0.262. The maximum absolute atomic E-state index is 11.4. The summed E-state index contributed by atoms with van der Waals surface area (Å²) in [6.07, 6.45) is 9.07. The van der Waals surface area contributed by atoms with Gasteiger partial charge in [-0.15, -0.1) is 0 Å². The zero-order valence-electron chi connectivity index (χ0n) is 21.6. The summed E-state index contributed by atoms with van der Waals surface area (Å²) in [4.78, 5) is 0. The van der Waals surface area contributed by atoms with Crippen LogP contribution < -0.4 is 0 Å². The highest BCUT2D eigenvalue weighted by Gasteiger charge is 2.69. The van der Waals surface area contributed by atoms with E-state index in [-0.39, 0.29) is 28.3 Å². The van der Waals surface area contributed by atoms with Crippen molar-refractivity contribution in [1.82, 2.24) is 0 Å². The van der Waals surface area contributed by atoms with Gasteiger partial charge in [0.05, 0.1) is 6.61 Å². The number of aromatic hydroxyl groups is 1. The van der Waals surface area contributed by atoms with Gasteiger partial charge < -0.3 is 10.2 Å². The molecule has 2 rings (SSSR count). The molecule has 0 unspecified atom stereocenters. The van der Waals surface area contributed by atoms with Gasteiger partial charge in [0.25, 0.3) is 0 Å². The standard InChI is InChI=1S/C29H48O2/c1-10-12-13-14-15-26(5,6)23-16-22(4)25(24(31)17-23)28(9,18-21(3)19-30)29(11-2)20-27(29,7)8/h16-17,30-31H,3,10-15,18-20H2,1-2,4-9H3/t28-,29+/m0/s1. The third-order valence-corrected chi connectivity index (χ3v) is 8.70. The van der Waals surface area contributed by atoms with Gasteiger partial charge >= 0.3 is 0 Å². The molecule has 0 bridgehead atoms. The predicted octanol–water partition coefficient (Wildman–Crippen LogP) is 7.97. The zero-order chi connectivity index (χ0) is 23.7. The Hall–Kier alpha value is -1.28. The molecule has 2 heteroatoms. The van der Waals surface area contributed by atoms with Crippen LogP contribution in [0.15, 0.2) is 24.3 Å². The van der Waals surface area contributed by atoms with Gasteiger partial charge in [-0.05, 0) is 66.0 Å². The Kier molecular flexibility index (Phi) is 7.79. The highest BCUT2D eigenvalue weighted by Crippen LogP contribution is 2.75. The summed E-state index contributed by atoms with van der Waals surface area (Å²) in [6, 6.07) is 4.34. The summed E-state index contributed by atoms with van der Waals surface area (Å²) in [5, 5.41) is 21.2. The Bertz CT molecular complexity index is 765. The molecular formula is C29H48O2. The van der Waals surface area contributed by atoms with Crippen LogP contribution in [-0.4, -0.2) is 16.8 Å². The monoisotopic (exact) mass is 428 g/mol. The topological polar surface area (TPSA) is 40.5 Å². The third-order valence-electron chi connectivity index (χ3n) is 8.70. The van der Waals surface area contributed by atoms with Crippen molar-refractivity contribution >= 4 is 0 Å². The van der Waals surface area contributed by atoms with Crippen LogP contribution in [0, 0.1) is 17.8 Å². The molecule has 0 saturated heterocycles. The first-order valence-electron chi connectivity index (χ1n) is 12.4. The summed E-state index contributed by atoms with van der Waals surface area (Å²) < 4.78 is 0. The first kappa shape index (κ1) is 26.0. The molecule has 1 fully saturated rings. The molecule has 0 amide bonds. The smallest absolute Gasteiger partial charge is 0.119 e. The van der Waals surface area contributed by atoms with Crippen LogP contribution in [0.1, 0.15) is 117 Å². The summed E-state index contributed by atoms with van der Waals surface area (Å²) in [5.74, 6) is 0.417. The van der Waals surface area contributed by atoms with E-state index in [0.717, 1.165) is 30.4 Å². The van der Waals surface area contributed by atoms with E-state index in [1.807, 2.05) is 6.07 Å². The van der Waals surface area contributed by atoms with E-state index in [0.29, 0.717) is 12.2 Å². The molecule has 1 aromatic rings. The van der Waals surface area contributed by atoms with Crippen molar-refractivity contribution in [2.45, 2.75) is 118 Å². The molecule has 0 radical (unpaired) electrons. The van der Waals surface area contributed by atoms with E-state index in [9.17, 15) is 10.2 Å². The third kappa shape index (κ3) is 4.75. The Morgan fingerprint density at radius 2 is 1.71 bits per heavy atom. The first-order chi connectivity index (χ1) is 14.3. The van der Waals surface area contributed by atoms with E-state index in [4.69, 9.17) is 0 Å². The molecule has 0 heterocycles. The second-order valence-electron chi connectivity index (χ2n) is 11.8. The molecule has 31 heavy (non-hydrogen) atoms. The van der Waals surface area contributed by atoms with Crippen molar-refractivity contribution in [3.8, 4) is 5.75 Å². The molecule has 1 aliphatic rings. The normalized spacial score (nSPS) is 22.2. The minimum absolute atomic E-state index is 0.00149. The number of aliphatic hydroxyl groups excluding tert-OH is 1. The molecule has 2 atom stereocenters. The van der Waals surface area contributed by atoms with Gasteiger partial charge in [-0.3, -0.25) is 0 Å². The molecule has 0 aromatic heterocycles. The van der Waals surface area contributed by atoms with Gasteiger partial charge in [0.2, 0.25) is 0 Å². The highest BCUT2D eigenvalue weighted by molar-refractivity contribution is 5.52. The van der Waals surface area contributed by atoms with E-state index in [1.54, 1.807) is 0 Å². The summed E-state index contributed by atoms with van der Waals surface area (Å²) >= 11 is 0. The maximum atomic E-state index is 11.4. The number of aryl methyl sites for hydroxylation is 1. The van der Waals surface area contributed by atoms with E-state index >= 15 is 0 Å². The summed E-state index contributed by atoms with van der Waals surface area (Å²) in [5.41, 5.74) is 4.38. The number of hydrogen-bond donors (Lipinski definition) is 2. The van der Waals surface area contributed by atoms with Gasteiger partial charge in [0.15, 0.2) is 0 Å². The fourth-order valence-electron chi connectivity index (χ4n) is 6.71. The van der Waals surface area contributed by atoms with Crippen molar-refractivity contribution in [3.05, 3.63) is 41.0 Å². The van der Waals surface area contributed by atoms with Crippen molar-refractivity contribution in [3.63, 3.8) is 0 Å². The molecule has 1 saturated carbocycles. The van der Waals surface area contributed by atoms with Crippen LogP contribution in [0.3, 0.4) is 0 Å². The second-order valence-corrected chi connectivity index (χ2v) is 11.8.